The monoisotopic (exact) mass is 371 g/mol. The van der Waals surface area contributed by atoms with E-state index in [1.54, 1.807) is 20.3 Å². The van der Waals surface area contributed by atoms with Crippen LogP contribution in [0.4, 0.5) is 8.78 Å². The summed E-state index contributed by atoms with van der Waals surface area (Å²) in [5.74, 6) is -0.410. The molecule has 2 aromatic rings. The predicted molar refractivity (Wildman–Crippen MR) is 84.1 cm³/mol. The third-order valence-electron chi connectivity index (χ3n) is 3.18. The summed E-state index contributed by atoms with van der Waals surface area (Å²) >= 11 is 3.47. The molecule has 0 aromatic heterocycles. The fourth-order valence-corrected chi connectivity index (χ4v) is 2.49. The van der Waals surface area contributed by atoms with Crippen LogP contribution in [0.15, 0.2) is 34.8 Å². The first-order chi connectivity index (χ1) is 10.5. The molecule has 0 amide bonds. The van der Waals surface area contributed by atoms with Crippen molar-refractivity contribution in [1.82, 2.24) is 5.32 Å². The molecule has 0 fully saturated rings. The second kappa shape index (κ2) is 7.56. The van der Waals surface area contributed by atoms with E-state index in [2.05, 4.69) is 21.2 Å². The fraction of sp³-hybridized carbons (Fsp3) is 0.250. The molecule has 0 aliphatic rings. The van der Waals surface area contributed by atoms with Crippen LogP contribution in [0.25, 0.3) is 0 Å². The van der Waals surface area contributed by atoms with Gasteiger partial charge in [0, 0.05) is 17.6 Å². The largest absolute Gasteiger partial charge is 0.493 e. The molecule has 1 N–H and O–H groups in total. The van der Waals surface area contributed by atoms with Crippen molar-refractivity contribution < 1.29 is 18.3 Å². The predicted octanol–water partition coefficient (Wildman–Crippen LogP) is 4.03. The van der Waals surface area contributed by atoms with Crippen LogP contribution in [-0.4, -0.2) is 14.2 Å². The maximum atomic E-state index is 13.1. The summed E-state index contributed by atoms with van der Waals surface area (Å²) in [6, 6.07) is 7.55. The molecule has 0 heterocycles. The minimum Gasteiger partial charge on any atom is -0.493 e. The molecule has 118 valence electrons. The van der Waals surface area contributed by atoms with Gasteiger partial charge >= 0.3 is 0 Å². The Labute approximate surface area is 136 Å². The SMILES string of the molecule is COc1cc(Br)c(CNCc2ccc(F)c(F)c2)cc1OC. The Kier molecular flexibility index (Phi) is 5.74. The minimum atomic E-state index is -0.841. The average molecular weight is 372 g/mol. The third kappa shape index (κ3) is 3.96. The maximum absolute atomic E-state index is 13.1. The van der Waals surface area contributed by atoms with Gasteiger partial charge in [0.15, 0.2) is 23.1 Å². The molecule has 0 atom stereocenters. The van der Waals surface area contributed by atoms with E-state index in [1.807, 2.05) is 12.1 Å². The van der Waals surface area contributed by atoms with Crippen molar-refractivity contribution in [2.75, 3.05) is 14.2 Å². The molecule has 0 bridgehead atoms. The van der Waals surface area contributed by atoms with E-state index in [0.717, 1.165) is 16.1 Å². The number of benzene rings is 2. The van der Waals surface area contributed by atoms with Crippen molar-refractivity contribution in [3.05, 3.63) is 57.6 Å². The van der Waals surface area contributed by atoms with E-state index in [4.69, 9.17) is 9.47 Å². The number of methoxy groups -OCH3 is 2. The lowest BCUT2D eigenvalue weighted by Gasteiger charge is -2.12. The minimum absolute atomic E-state index is 0.429. The van der Waals surface area contributed by atoms with Gasteiger partial charge in [-0.3, -0.25) is 0 Å². The van der Waals surface area contributed by atoms with E-state index in [0.29, 0.717) is 30.2 Å². The first kappa shape index (κ1) is 16.7. The third-order valence-corrected chi connectivity index (χ3v) is 3.92. The highest BCUT2D eigenvalue weighted by Crippen LogP contribution is 2.33. The number of hydrogen-bond acceptors (Lipinski definition) is 3. The van der Waals surface area contributed by atoms with E-state index < -0.39 is 11.6 Å². The van der Waals surface area contributed by atoms with Crippen molar-refractivity contribution >= 4 is 15.9 Å². The Bertz CT molecular complexity index is 665. The van der Waals surface area contributed by atoms with Gasteiger partial charge in [0.05, 0.1) is 14.2 Å². The Morgan fingerprint density at radius 1 is 0.955 bits per heavy atom. The number of rotatable bonds is 6. The van der Waals surface area contributed by atoms with E-state index in [9.17, 15) is 8.78 Å². The lowest BCUT2D eigenvalue weighted by atomic mass is 10.1. The molecular formula is C16H16BrF2NO2. The Morgan fingerprint density at radius 2 is 1.64 bits per heavy atom. The van der Waals surface area contributed by atoms with Crippen LogP contribution >= 0.6 is 15.9 Å². The van der Waals surface area contributed by atoms with Gasteiger partial charge in [-0.25, -0.2) is 8.78 Å². The molecule has 0 saturated heterocycles. The van der Waals surface area contributed by atoms with Crippen LogP contribution < -0.4 is 14.8 Å². The lowest BCUT2D eigenvalue weighted by Crippen LogP contribution is -2.13. The highest BCUT2D eigenvalue weighted by Gasteiger charge is 2.09. The maximum Gasteiger partial charge on any atom is 0.161 e. The lowest BCUT2D eigenvalue weighted by molar-refractivity contribution is 0.354. The molecule has 2 rings (SSSR count). The summed E-state index contributed by atoms with van der Waals surface area (Å²) in [6.45, 7) is 0.970. The van der Waals surface area contributed by atoms with Gasteiger partial charge in [0.25, 0.3) is 0 Å². The molecule has 0 radical (unpaired) electrons. The average Bonchev–Trinajstić information content (AvgIpc) is 2.52. The number of ether oxygens (including phenoxy) is 2. The number of nitrogens with one attached hydrogen (secondary N) is 1. The van der Waals surface area contributed by atoms with E-state index in [-0.39, 0.29) is 0 Å². The topological polar surface area (TPSA) is 30.5 Å². The van der Waals surface area contributed by atoms with Crippen LogP contribution in [0, 0.1) is 11.6 Å². The first-order valence-corrected chi connectivity index (χ1v) is 7.39. The van der Waals surface area contributed by atoms with Gasteiger partial charge in [0.2, 0.25) is 0 Å². The van der Waals surface area contributed by atoms with Crippen LogP contribution in [0.1, 0.15) is 11.1 Å². The van der Waals surface area contributed by atoms with Gasteiger partial charge in [-0.15, -0.1) is 0 Å². The summed E-state index contributed by atoms with van der Waals surface area (Å²) in [5, 5.41) is 3.18. The van der Waals surface area contributed by atoms with Gasteiger partial charge in [-0.1, -0.05) is 22.0 Å². The zero-order chi connectivity index (χ0) is 16.1. The molecule has 0 aliphatic carbocycles. The van der Waals surface area contributed by atoms with E-state index in [1.165, 1.54) is 6.07 Å². The van der Waals surface area contributed by atoms with E-state index >= 15 is 0 Å². The molecule has 2 aromatic carbocycles. The standard InChI is InChI=1S/C16H16BrF2NO2/c1-21-15-6-11(12(17)7-16(15)22-2)9-20-8-10-3-4-13(18)14(19)5-10/h3-7,20H,8-9H2,1-2H3. The zero-order valence-corrected chi connectivity index (χ0v) is 13.8. The van der Waals surface area contributed by atoms with Crippen molar-refractivity contribution in [3.8, 4) is 11.5 Å². The van der Waals surface area contributed by atoms with Crippen molar-refractivity contribution in [2.45, 2.75) is 13.1 Å². The zero-order valence-electron chi connectivity index (χ0n) is 12.3. The number of hydrogen-bond donors (Lipinski definition) is 1. The molecule has 6 heteroatoms. The molecule has 0 unspecified atom stereocenters. The summed E-state index contributed by atoms with van der Waals surface area (Å²) in [4.78, 5) is 0. The van der Waals surface area contributed by atoms with Crippen LogP contribution in [-0.2, 0) is 13.1 Å². The summed E-state index contributed by atoms with van der Waals surface area (Å²) in [5.41, 5.74) is 1.65. The highest BCUT2D eigenvalue weighted by molar-refractivity contribution is 9.10. The fourth-order valence-electron chi connectivity index (χ4n) is 2.02. The second-order valence-electron chi connectivity index (χ2n) is 4.65. The molecule has 22 heavy (non-hydrogen) atoms. The molecule has 0 spiro atoms. The van der Waals surface area contributed by atoms with Crippen LogP contribution in [0.5, 0.6) is 11.5 Å². The van der Waals surface area contributed by atoms with Gasteiger partial charge in [-0.05, 0) is 35.4 Å². The van der Waals surface area contributed by atoms with Crippen molar-refractivity contribution in [1.29, 1.82) is 0 Å². The first-order valence-electron chi connectivity index (χ1n) is 6.60. The van der Waals surface area contributed by atoms with Crippen molar-refractivity contribution in [3.63, 3.8) is 0 Å². The van der Waals surface area contributed by atoms with Crippen molar-refractivity contribution in [2.24, 2.45) is 0 Å². The smallest absolute Gasteiger partial charge is 0.161 e. The van der Waals surface area contributed by atoms with Crippen LogP contribution in [0.2, 0.25) is 0 Å². The Morgan fingerprint density at radius 3 is 2.27 bits per heavy atom. The molecular weight excluding hydrogens is 356 g/mol. The highest BCUT2D eigenvalue weighted by atomic mass is 79.9. The molecule has 0 aliphatic heterocycles. The summed E-state index contributed by atoms with van der Waals surface area (Å²) in [6.07, 6.45) is 0. The quantitative estimate of drug-likeness (QED) is 0.831. The number of halogens is 3. The van der Waals surface area contributed by atoms with Gasteiger partial charge in [0.1, 0.15) is 0 Å². The van der Waals surface area contributed by atoms with Gasteiger partial charge < -0.3 is 14.8 Å². The van der Waals surface area contributed by atoms with Gasteiger partial charge in [-0.2, -0.15) is 0 Å². The summed E-state index contributed by atoms with van der Waals surface area (Å²) in [7, 11) is 3.15. The normalized spacial score (nSPS) is 10.6. The molecule has 0 saturated carbocycles. The van der Waals surface area contributed by atoms with Crippen LogP contribution in [0.3, 0.4) is 0 Å². The molecule has 3 nitrogen and oxygen atoms in total. The Balaban J connectivity index is 2.03. The Hall–Kier alpha value is -1.66. The second-order valence-corrected chi connectivity index (χ2v) is 5.50. The summed E-state index contributed by atoms with van der Waals surface area (Å²) < 4.78 is 37.4.